The first kappa shape index (κ1) is 35.9. The Labute approximate surface area is 283 Å². The number of carbonyl (C=O) groups excluding carboxylic acids is 3. The van der Waals surface area contributed by atoms with Crippen LogP contribution in [0.5, 0.6) is 11.5 Å². The van der Waals surface area contributed by atoms with Gasteiger partial charge in [0.05, 0.1) is 13.7 Å². The lowest BCUT2D eigenvalue weighted by Gasteiger charge is -2.25. The number of imidazole rings is 1. The van der Waals surface area contributed by atoms with Crippen molar-refractivity contribution >= 4 is 24.3 Å². The second-order valence-electron chi connectivity index (χ2n) is 10.9. The van der Waals surface area contributed by atoms with E-state index in [1.54, 1.807) is 31.5 Å². The second-order valence-corrected chi connectivity index (χ2v) is 10.9. The van der Waals surface area contributed by atoms with Crippen molar-refractivity contribution in [3.05, 3.63) is 102 Å². The minimum atomic E-state index is -0.874. The molecule has 2 bridgehead atoms. The third-order valence-corrected chi connectivity index (χ3v) is 7.51. The summed E-state index contributed by atoms with van der Waals surface area (Å²) in [6.07, 6.45) is 4.18. The maximum absolute atomic E-state index is 13.7. The van der Waals surface area contributed by atoms with Gasteiger partial charge in [-0.15, -0.1) is 0 Å². The Hall–Kier alpha value is -5.92. The fourth-order valence-corrected chi connectivity index (χ4v) is 5.20. The maximum Gasteiger partial charge on any atom is 0.318 e. The highest BCUT2D eigenvalue weighted by molar-refractivity contribution is 5.90. The number of hydrogen-bond donors (Lipinski definition) is 4. The highest BCUT2D eigenvalue weighted by atomic mass is 19.1. The number of rotatable bonds is 5. The summed E-state index contributed by atoms with van der Waals surface area (Å²) in [6, 6.07) is 19.5. The fourth-order valence-electron chi connectivity index (χ4n) is 5.20. The summed E-state index contributed by atoms with van der Waals surface area (Å²) in [5.41, 5.74) is 2.26. The van der Waals surface area contributed by atoms with Gasteiger partial charge >= 0.3 is 6.03 Å². The molecular formula is C35H39FN6O7. The molecule has 1 aliphatic heterocycles. The Balaban J connectivity index is 0.00000174. The van der Waals surface area contributed by atoms with E-state index in [0.717, 1.165) is 11.1 Å². The van der Waals surface area contributed by atoms with Crippen LogP contribution in [0.4, 0.5) is 9.18 Å². The molecule has 2 heterocycles. The largest absolute Gasteiger partial charge is 0.493 e. The fraction of sp³-hybridized carbons (Fsp3) is 0.286. The first-order valence-corrected chi connectivity index (χ1v) is 15.6. The van der Waals surface area contributed by atoms with Crippen LogP contribution in [-0.4, -0.2) is 83.3 Å². The number of halogens is 1. The summed E-state index contributed by atoms with van der Waals surface area (Å²) in [4.78, 5) is 54.3. The molecule has 49 heavy (non-hydrogen) atoms. The predicted molar refractivity (Wildman–Crippen MR) is 178 cm³/mol. The molecule has 0 saturated heterocycles. The minimum absolute atomic E-state index is 0.0734. The highest BCUT2D eigenvalue weighted by Gasteiger charge is 2.24. The van der Waals surface area contributed by atoms with Crippen LogP contribution in [0.1, 0.15) is 17.5 Å². The van der Waals surface area contributed by atoms with E-state index < -0.39 is 23.8 Å². The van der Waals surface area contributed by atoms with Crippen LogP contribution in [0.3, 0.4) is 0 Å². The lowest BCUT2D eigenvalue weighted by Crippen LogP contribution is -2.52. The third-order valence-electron chi connectivity index (χ3n) is 7.51. The molecule has 13 nitrogen and oxygen atoms in total. The summed E-state index contributed by atoms with van der Waals surface area (Å²) in [6.45, 7) is 0.647. The highest BCUT2D eigenvalue weighted by Crippen LogP contribution is 2.32. The number of carboxylic acid groups (broad SMARTS) is 1. The van der Waals surface area contributed by atoms with Crippen LogP contribution < -0.4 is 25.4 Å². The Morgan fingerprint density at radius 1 is 1.10 bits per heavy atom. The van der Waals surface area contributed by atoms with Crippen molar-refractivity contribution in [2.45, 2.75) is 32.0 Å². The molecule has 258 valence electrons. The smallest absolute Gasteiger partial charge is 0.318 e. The van der Waals surface area contributed by atoms with Crippen molar-refractivity contribution in [1.82, 2.24) is 30.4 Å². The molecule has 0 aliphatic carbocycles. The first-order chi connectivity index (χ1) is 23.8. The van der Waals surface area contributed by atoms with E-state index in [1.165, 1.54) is 17.0 Å². The zero-order chi connectivity index (χ0) is 35.0. The lowest BCUT2D eigenvalue weighted by molar-refractivity contribution is -0.129. The van der Waals surface area contributed by atoms with Gasteiger partial charge in [0.25, 0.3) is 6.47 Å². The van der Waals surface area contributed by atoms with Crippen molar-refractivity contribution in [2.24, 2.45) is 0 Å². The van der Waals surface area contributed by atoms with Crippen LogP contribution in [0.15, 0.2) is 85.2 Å². The number of ether oxygens (including phenoxy) is 2. The van der Waals surface area contributed by atoms with Gasteiger partial charge in [-0.25, -0.2) is 14.2 Å². The summed E-state index contributed by atoms with van der Waals surface area (Å²) >= 11 is 0. The number of benzene rings is 3. The number of fused-ring (bicyclic) bond motifs is 4. The number of carbonyl (C=O) groups is 4. The predicted octanol–water partition coefficient (Wildman–Crippen LogP) is 3.24. The Morgan fingerprint density at radius 2 is 1.88 bits per heavy atom. The Morgan fingerprint density at radius 3 is 2.63 bits per heavy atom. The monoisotopic (exact) mass is 674 g/mol. The maximum atomic E-state index is 13.7. The molecule has 1 aliphatic rings. The summed E-state index contributed by atoms with van der Waals surface area (Å²) in [5.74, 6) is 0.487. The van der Waals surface area contributed by atoms with Gasteiger partial charge in [0.1, 0.15) is 24.2 Å². The number of aromatic nitrogens is 2. The average molecular weight is 675 g/mol. The van der Waals surface area contributed by atoms with E-state index in [4.69, 9.17) is 19.4 Å². The number of amides is 4. The van der Waals surface area contributed by atoms with Crippen LogP contribution in [-0.2, 0) is 33.9 Å². The summed E-state index contributed by atoms with van der Waals surface area (Å²) < 4.78 is 27.2. The zero-order valence-corrected chi connectivity index (χ0v) is 27.0. The van der Waals surface area contributed by atoms with Crippen molar-refractivity contribution in [3.8, 4) is 22.9 Å². The van der Waals surface area contributed by atoms with Gasteiger partial charge in [0.2, 0.25) is 11.8 Å². The van der Waals surface area contributed by atoms with Gasteiger partial charge < -0.3 is 40.0 Å². The molecular weight excluding hydrogens is 635 g/mol. The molecule has 0 radical (unpaired) electrons. The number of nitrogens with one attached hydrogen (secondary N) is 3. The van der Waals surface area contributed by atoms with Crippen LogP contribution in [0, 0.1) is 5.82 Å². The molecule has 4 aromatic rings. The molecule has 0 fully saturated rings. The van der Waals surface area contributed by atoms with E-state index in [-0.39, 0.29) is 51.6 Å². The van der Waals surface area contributed by atoms with Crippen molar-refractivity contribution in [2.75, 3.05) is 33.4 Å². The normalized spacial score (nSPS) is 15.4. The van der Waals surface area contributed by atoms with Crippen LogP contribution in [0.25, 0.3) is 11.4 Å². The van der Waals surface area contributed by atoms with Crippen molar-refractivity contribution in [3.63, 3.8) is 0 Å². The van der Waals surface area contributed by atoms with Crippen LogP contribution >= 0.6 is 0 Å². The molecule has 1 aromatic heterocycles. The third kappa shape index (κ3) is 10.8. The standard InChI is InChI=1S/C34H37FN6O5.CH2O2/c1-45-29-12-11-26-21-30(29)46-18-6-15-41(34(44)38-22-25-9-5-10-27(35)19-25)23-31(42)39-28(20-24-7-3-2-4-8-24)33(43)37-14-17-40-16-13-36-32(26)40;2-1-3/h2-5,7-13,16,19,21,28H,6,14-15,17-18,20,22-23H2,1H3,(H,37,43)(H,38,44)(H,39,42);1H,(H,2,3)/t28-;/m0./s1. The topological polar surface area (TPSA) is 164 Å². The summed E-state index contributed by atoms with van der Waals surface area (Å²) in [5, 5.41) is 15.4. The molecule has 1 atom stereocenters. The van der Waals surface area contributed by atoms with E-state index in [9.17, 15) is 18.8 Å². The van der Waals surface area contributed by atoms with E-state index >= 15 is 0 Å². The number of methoxy groups -OCH3 is 1. The number of hydrogen-bond acceptors (Lipinski definition) is 7. The van der Waals surface area contributed by atoms with E-state index in [1.807, 2.05) is 53.2 Å². The zero-order valence-electron chi connectivity index (χ0n) is 27.0. The quantitative estimate of drug-likeness (QED) is 0.235. The molecule has 0 spiro atoms. The number of nitrogens with zero attached hydrogens (tertiary/aromatic N) is 3. The van der Waals surface area contributed by atoms with Gasteiger partial charge in [-0.05, 0) is 47.9 Å². The summed E-state index contributed by atoms with van der Waals surface area (Å²) in [7, 11) is 1.55. The van der Waals surface area contributed by atoms with Crippen molar-refractivity contribution < 1.29 is 38.1 Å². The first-order valence-electron chi connectivity index (χ1n) is 15.6. The SMILES string of the molecule is COc1ccc2cc1OCCCN(C(=O)NCc1cccc(F)c1)CC(=O)N[C@@H](Cc1ccccc1)C(=O)NCCn1ccnc1-2.O=CO. The van der Waals surface area contributed by atoms with Crippen LogP contribution in [0.2, 0.25) is 0 Å². The lowest BCUT2D eigenvalue weighted by atomic mass is 10.1. The van der Waals surface area contributed by atoms with E-state index in [2.05, 4.69) is 20.9 Å². The molecule has 5 rings (SSSR count). The van der Waals surface area contributed by atoms with E-state index in [0.29, 0.717) is 35.9 Å². The van der Waals surface area contributed by atoms with Gasteiger partial charge in [0, 0.05) is 50.6 Å². The molecule has 4 amide bonds. The molecule has 4 N–H and O–H groups in total. The van der Waals surface area contributed by atoms with Gasteiger partial charge in [-0.3, -0.25) is 14.4 Å². The minimum Gasteiger partial charge on any atom is -0.493 e. The molecule has 3 aromatic carbocycles. The van der Waals surface area contributed by atoms with Gasteiger partial charge in [0.15, 0.2) is 11.5 Å². The van der Waals surface area contributed by atoms with Gasteiger partial charge in [-0.1, -0.05) is 42.5 Å². The molecule has 14 heteroatoms. The van der Waals surface area contributed by atoms with Crippen molar-refractivity contribution in [1.29, 1.82) is 0 Å². The Kier molecular flexibility index (Phi) is 13.5. The van der Waals surface area contributed by atoms with Gasteiger partial charge in [-0.2, -0.15) is 0 Å². The molecule has 0 unspecified atom stereocenters. The number of urea groups is 1. The Bertz CT molecular complexity index is 1700. The second kappa shape index (κ2) is 18.4. The average Bonchev–Trinajstić information content (AvgIpc) is 3.57. The molecule has 0 saturated carbocycles.